The first-order valence-electron chi connectivity index (χ1n) is 7.75. The highest BCUT2D eigenvalue weighted by Crippen LogP contribution is 2.34. The summed E-state index contributed by atoms with van der Waals surface area (Å²) in [7, 11) is 0. The van der Waals surface area contributed by atoms with Gasteiger partial charge in [0.25, 0.3) is 11.7 Å². The van der Waals surface area contributed by atoms with E-state index < -0.39 is 23.7 Å². The van der Waals surface area contributed by atoms with Crippen molar-refractivity contribution in [3.63, 3.8) is 0 Å². The Bertz CT molecular complexity index is 865. The van der Waals surface area contributed by atoms with Crippen LogP contribution in [-0.2, 0) is 9.53 Å². The summed E-state index contributed by atoms with van der Waals surface area (Å²) >= 11 is 0.131. The number of thioether (sulfide) groups is 1. The first-order valence-corrected chi connectivity index (χ1v) is 8.63. The number of anilines is 1. The minimum atomic E-state index is -2.74. The van der Waals surface area contributed by atoms with Gasteiger partial charge in [-0.15, -0.1) is 0 Å². The second-order valence-electron chi connectivity index (χ2n) is 5.34. The molecule has 1 atom stereocenters. The summed E-state index contributed by atoms with van der Waals surface area (Å²) < 4.78 is 40.6. The van der Waals surface area contributed by atoms with E-state index in [0.29, 0.717) is 17.2 Å². The van der Waals surface area contributed by atoms with Gasteiger partial charge in [0.05, 0.1) is 5.56 Å². The first-order chi connectivity index (χ1) is 12.9. The molecule has 0 unspecified atom stereocenters. The van der Waals surface area contributed by atoms with E-state index in [4.69, 9.17) is 14.2 Å². The van der Waals surface area contributed by atoms with Gasteiger partial charge in [0, 0.05) is 18.0 Å². The van der Waals surface area contributed by atoms with Crippen molar-refractivity contribution in [1.29, 1.82) is 0 Å². The van der Waals surface area contributed by atoms with Crippen LogP contribution in [0.3, 0.4) is 0 Å². The van der Waals surface area contributed by atoms with Gasteiger partial charge >= 0.3 is 5.97 Å². The highest BCUT2D eigenvalue weighted by atomic mass is 32.2. The van der Waals surface area contributed by atoms with Crippen molar-refractivity contribution in [2.45, 2.75) is 23.8 Å². The van der Waals surface area contributed by atoms with Crippen LogP contribution >= 0.6 is 11.8 Å². The standard InChI is InChI=1S/C17H14F2N2O5S/c1-9(14(22)21-10-4-5-12-13(7-10)25-8-24-12)26-16(23)11-3-2-6-20-15(11)27-17(18)19/h2-7,9,17H,8H2,1H3,(H,21,22)/t9-/m1/s1. The Kier molecular flexibility index (Phi) is 5.75. The lowest BCUT2D eigenvalue weighted by molar-refractivity contribution is -0.123. The third-order valence-corrected chi connectivity index (χ3v) is 4.21. The number of benzene rings is 1. The molecule has 1 aliphatic heterocycles. The van der Waals surface area contributed by atoms with Crippen molar-refractivity contribution in [2.75, 3.05) is 12.1 Å². The quantitative estimate of drug-likeness (QED) is 0.592. The largest absolute Gasteiger partial charge is 0.454 e. The van der Waals surface area contributed by atoms with E-state index in [1.165, 1.54) is 25.3 Å². The number of ether oxygens (including phenoxy) is 3. The predicted molar refractivity (Wildman–Crippen MR) is 92.2 cm³/mol. The maximum Gasteiger partial charge on any atom is 0.341 e. The lowest BCUT2D eigenvalue weighted by Crippen LogP contribution is -2.30. The van der Waals surface area contributed by atoms with Crippen LogP contribution < -0.4 is 14.8 Å². The van der Waals surface area contributed by atoms with Crippen LogP contribution in [0.1, 0.15) is 17.3 Å². The number of hydrogen-bond donors (Lipinski definition) is 1. The zero-order chi connectivity index (χ0) is 19.4. The molecule has 1 N–H and O–H groups in total. The number of amides is 1. The maximum absolute atomic E-state index is 12.6. The molecule has 10 heteroatoms. The predicted octanol–water partition coefficient (Wildman–Crippen LogP) is 3.31. The Labute approximate surface area is 157 Å². The highest BCUT2D eigenvalue weighted by Gasteiger charge is 2.23. The van der Waals surface area contributed by atoms with Gasteiger partial charge in [0.2, 0.25) is 6.79 Å². The van der Waals surface area contributed by atoms with Gasteiger partial charge in [-0.2, -0.15) is 8.78 Å². The Balaban J connectivity index is 1.63. The number of halogens is 2. The molecule has 1 aliphatic rings. The van der Waals surface area contributed by atoms with Gasteiger partial charge < -0.3 is 19.5 Å². The van der Waals surface area contributed by atoms with E-state index in [0.717, 1.165) is 0 Å². The SMILES string of the molecule is C[C@@H](OC(=O)c1cccnc1SC(F)F)C(=O)Nc1ccc2c(c1)OCO2. The molecule has 142 valence electrons. The number of hydrogen-bond acceptors (Lipinski definition) is 7. The van der Waals surface area contributed by atoms with Crippen LogP contribution in [0.5, 0.6) is 11.5 Å². The molecule has 0 bridgehead atoms. The number of aromatic nitrogens is 1. The van der Waals surface area contributed by atoms with Crippen LogP contribution in [0.2, 0.25) is 0 Å². The van der Waals surface area contributed by atoms with Gasteiger partial charge in [-0.25, -0.2) is 9.78 Å². The van der Waals surface area contributed by atoms with Gasteiger partial charge in [0.15, 0.2) is 17.6 Å². The normalized spacial score (nSPS) is 13.3. The fraction of sp³-hybridized carbons (Fsp3) is 0.235. The van der Waals surface area contributed by atoms with E-state index in [-0.39, 0.29) is 29.1 Å². The molecular weight excluding hydrogens is 382 g/mol. The molecule has 1 amide bonds. The van der Waals surface area contributed by atoms with Crippen molar-refractivity contribution in [2.24, 2.45) is 0 Å². The van der Waals surface area contributed by atoms with Crippen molar-refractivity contribution >= 4 is 29.3 Å². The fourth-order valence-electron chi connectivity index (χ4n) is 2.22. The monoisotopic (exact) mass is 396 g/mol. The minimum Gasteiger partial charge on any atom is -0.454 e. The summed E-state index contributed by atoms with van der Waals surface area (Å²) in [5.41, 5.74) is 0.299. The molecule has 0 saturated heterocycles. The average molecular weight is 396 g/mol. The molecule has 3 rings (SSSR count). The molecule has 7 nitrogen and oxygen atoms in total. The van der Waals surface area contributed by atoms with Gasteiger partial charge in [-0.05, 0) is 43.0 Å². The van der Waals surface area contributed by atoms with E-state index in [1.807, 2.05) is 0 Å². The van der Waals surface area contributed by atoms with Crippen molar-refractivity contribution < 1.29 is 32.6 Å². The Morgan fingerprint density at radius 3 is 2.81 bits per heavy atom. The molecule has 0 spiro atoms. The zero-order valence-electron chi connectivity index (χ0n) is 14.0. The second-order valence-corrected chi connectivity index (χ2v) is 6.32. The molecule has 2 heterocycles. The molecule has 1 aromatic heterocycles. The van der Waals surface area contributed by atoms with Gasteiger partial charge in [-0.3, -0.25) is 4.79 Å². The maximum atomic E-state index is 12.6. The van der Waals surface area contributed by atoms with Crippen LogP contribution in [0.25, 0.3) is 0 Å². The third-order valence-electron chi connectivity index (χ3n) is 3.48. The lowest BCUT2D eigenvalue weighted by atomic mass is 10.2. The molecule has 1 aromatic carbocycles. The van der Waals surface area contributed by atoms with Gasteiger partial charge in [0.1, 0.15) is 5.03 Å². The number of alkyl halides is 2. The van der Waals surface area contributed by atoms with Crippen molar-refractivity contribution in [3.8, 4) is 11.5 Å². The third kappa shape index (κ3) is 4.64. The number of pyridine rings is 1. The van der Waals surface area contributed by atoms with Crippen molar-refractivity contribution in [1.82, 2.24) is 4.98 Å². The fourth-order valence-corrected chi connectivity index (χ4v) is 2.79. The molecule has 0 fully saturated rings. The summed E-state index contributed by atoms with van der Waals surface area (Å²) in [6.45, 7) is 1.47. The summed E-state index contributed by atoms with van der Waals surface area (Å²) in [5, 5.41) is 2.42. The molecule has 0 radical (unpaired) electrons. The molecule has 0 aliphatic carbocycles. The summed E-state index contributed by atoms with van der Waals surface area (Å²) in [6, 6.07) is 7.55. The Morgan fingerprint density at radius 2 is 2.04 bits per heavy atom. The van der Waals surface area contributed by atoms with E-state index >= 15 is 0 Å². The smallest absolute Gasteiger partial charge is 0.341 e. The van der Waals surface area contributed by atoms with Crippen molar-refractivity contribution in [3.05, 3.63) is 42.1 Å². The highest BCUT2D eigenvalue weighted by molar-refractivity contribution is 7.99. The topological polar surface area (TPSA) is 86.8 Å². The van der Waals surface area contributed by atoms with E-state index in [1.54, 1.807) is 18.2 Å². The van der Waals surface area contributed by atoms with E-state index in [9.17, 15) is 18.4 Å². The minimum absolute atomic E-state index is 0.102. The number of carbonyl (C=O) groups is 2. The Hall–Kier alpha value is -2.88. The van der Waals surface area contributed by atoms with Gasteiger partial charge in [-0.1, -0.05) is 0 Å². The van der Waals surface area contributed by atoms with Crippen LogP contribution in [0.4, 0.5) is 14.5 Å². The van der Waals surface area contributed by atoms with Crippen LogP contribution in [0, 0.1) is 0 Å². The first kappa shape index (κ1) is 18.9. The number of nitrogens with one attached hydrogen (secondary N) is 1. The molecule has 27 heavy (non-hydrogen) atoms. The second kappa shape index (κ2) is 8.21. The number of esters is 1. The number of nitrogens with zero attached hydrogens (tertiary/aromatic N) is 1. The van der Waals surface area contributed by atoms with Crippen LogP contribution in [0.15, 0.2) is 41.6 Å². The Morgan fingerprint density at radius 1 is 1.26 bits per heavy atom. The summed E-state index contributed by atoms with van der Waals surface area (Å²) in [4.78, 5) is 28.2. The molecular formula is C17H14F2N2O5S. The molecule has 0 saturated carbocycles. The lowest BCUT2D eigenvalue weighted by Gasteiger charge is -2.14. The average Bonchev–Trinajstić information content (AvgIpc) is 3.09. The van der Waals surface area contributed by atoms with Crippen LogP contribution in [-0.4, -0.2) is 35.5 Å². The summed E-state index contributed by atoms with van der Waals surface area (Å²) in [6.07, 6.45) is 0.129. The summed E-state index contributed by atoms with van der Waals surface area (Å²) in [5.74, 6) is -3.19. The molecule has 2 aromatic rings. The van der Waals surface area contributed by atoms with E-state index in [2.05, 4.69) is 10.3 Å². The number of rotatable bonds is 6. The number of carbonyl (C=O) groups excluding carboxylic acids is 2. The number of fused-ring (bicyclic) bond motifs is 1. The zero-order valence-corrected chi connectivity index (χ0v) is 14.8.